The Bertz CT molecular complexity index is 701. The van der Waals surface area contributed by atoms with Gasteiger partial charge in [-0.2, -0.15) is 0 Å². The molecule has 1 aliphatic rings. The highest BCUT2D eigenvalue weighted by atomic mass is 19.3. The van der Waals surface area contributed by atoms with Gasteiger partial charge < -0.3 is 10.1 Å². The van der Waals surface area contributed by atoms with E-state index in [1.807, 2.05) is 48.5 Å². The topological polar surface area (TPSA) is 64.6 Å². The zero-order valence-electron chi connectivity index (χ0n) is 12.1. The Morgan fingerprint density at radius 3 is 2.13 bits per heavy atom. The van der Waals surface area contributed by atoms with Crippen LogP contribution in [0.5, 0.6) is 0 Å². The van der Waals surface area contributed by atoms with Gasteiger partial charge in [0.25, 0.3) is 0 Å². The molecule has 0 saturated carbocycles. The van der Waals surface area contributed by atoms with Crippen molar-refractivity contribution in [1.82, 2.24) is 5.32 Å². The predicted molar refractivity (Wildman–Crippen MR) is 80.3 cm³/mol. The van der Waals surface area contributed by atoms with Crippen molar-refractivity contribution in [1.29, 1.82) is 0 Å². The van der Waals surface area contributed by atoms with Crippen LogP contribution in [0.25, 0.3) is 11.1 Å². The molecule has 0 saturated heterocycles. The van der Waals surface area contributed by atoms with Crippen LogP contribution in [0.15, 0.2) is 48.5 Å². The molecule has 2 aromatic carbocycles. The largest absolute Gasteiger partial charge is 0.449 e. The SMILES string of the molecule is O=C(CNC(=O)OCC1c2ccccc2-c2ccccc21)OF. The lowest BCUT2D eigenvalue weighted by atomic mass is 9.98. The summed E-state index contributed by atoms with van der Waals surface area (Å²) in [5, 5.41) is 2.13. The van der Waals surface area contributed by atoms with Gasteiger partial charge in [0.1, 0.15) is 13.2 Å². The van der Waals surface area contributed by atoms with Crippen LogP contribution in [0.1, 0.15) is 17.0 Å². The number of carbonyl (C=O) groups excluding carboxylic acids is 2. The van der Waals surface area contributed by atoms with Gasteiger partial charge in [-0.25, -0.2) is 9.59 Å². The van der Waals surface area contributed by atoms with Crippen molar-refractivity contribution < 1.29 is 23.8 Å². The van der Waals surface area contributed by atoms with E-state index in [0.29, 0.717) is 0 Å². The highest BCUT2D eigenvalue weighted by Gasteiger charge is 2.28. The Kier molecular flexibility index (Phi) is 4.23. The number of fused-ring (bicyclic) bond motifs is 3. The van der Waals surface area contributed by atoms with Crippen LogP contribution >= 0.6 is 0 Å². The molecule has 0 aromatic heterocycles. The fourth-order valence-corrected chi connectivity index (χ4v) is 2.82. The van der Waals surface area contributed by atoms with Crippen LogP contribution < -0.4 is 5.32 Å². The van der Waals surface area contributed by atoms with Crippen LogP contribution in [0, 0.1) is 0 Å². The van der Waals surface area contributed by atoms with E-state index in [2.05, 4.69) is 10.3 Å². The van der Waals surface area contributed by atoms with Crippen LogP contribution in [-0.2, 0) is 14.5 Å². The average Bonchev–Trinajstić information content (AvgIpc) is 2.92. The molecular formula is C17H14FNO4. The van der Waals surface area contributed by atoms with Crippen molar-refractivity contribution >= 4 is 12.1 Å². The van der Waals surface area contributed by atoms with Crippen LogP contribution in [0.4, 0.5) is 9.32 Å². The Hall–Kier alpha value is -2.89. The molecule has 6 heteroatoms. The molecule has 2 aromatic rings. The second-order valence-corrected chi connectivity index (χ2v) is 5.13. The summed E-state index contributed by atoms with van der Waals surface area (Å²) >= 11 is 0. The summed E-state index contributed by atoms with van der Waals surface area (Å²) in [6.45, 7) is -0.447. The molecule has 0 spiro atoms. The number of rotatable bonds is 4. The maximum atomic E-state index is 11.6. The van der Waals surface area contributed by atoms with Gasteiger partial charge in [-0.05, 0) is 22.3 Å². The Labute approximate surface area is 131 Å². The van der Waals surface area contributed by atoms with Gasteiger partial charge in [0.2, 0.25) is 0 Å². The molecule has 118 valence electrons. The van der Waals surface area contributed by atoms with Crippen molar-refractivity contribution in [2.45, 2.75) is 5.92 Å². The normalized spacial score (nSPS) is 12.2. The van der Waals surface area contributed by atoms with E-state index in [4.69, 9.17) is 4.74 Å². The number of carbonyl (C=O) groups is 2. The number of benzene rings is 2. The molecule has 0 aliphatic heterocycles. The van der Waals surface area contributed by atoms with Gasteiger partial charge in [-0.1, -0.05) is 48.5 Å². The number of halogens is 1. The van der Waals surface area contributed by atoms with Crippen molar-refractivity contribution in [3.05, 3.63) is 59.7 Å². The number of ether oxygens (including phenoxy) is 1. The monoisotopic (exact) mass is 315 g/mol. The summed E-state index contributed by atoms with van der Waals surface area (Å²) in [5.41, 5.74) is 4.42. The van der Waals surface area contributed by atoms with E-state index in [1.165, 1.54) is 0 Å². The van der Waals surface area contributed by atoms with Gasteiger partial charge in [0.15, 0.2) is 0 Å². The summed E-state index contributed by atoms with van der Waals surface area (Å²) in [6, 6.07) is 15.9. The number of nitrogens with one attached hydrogen (secondary N) is 1. The van der Waals surface area contributed by atoms with E-state index in [1.54, 1.807) is 0 Å². The summed E-state index contributed by atoms with van der Waals surface area (Å²) in [4.78, 5) is 25.2. The Morgan fingerprint density at radius 1 is 1.00 bits per heavy atom. The van der Waals surface area contributed by atoms with Crippen molar-refractivity contribution in [3.8, 4) is 11.1 Å². The molecule has 0 atom stereocenters. The van der Waals surface area contributed by atoms with Gasteiger partial charge in [0.05, 0.1) is 0 Å². The first-order chi connectivity index (χ1) is 11.2. The summed E-state index contributed by atoms with van der Waals surface area (Å²) in [5.74, 6) is -1.25. The minimum atomic E-state index is -1.18. The summed E-state index contributed by atoms with van der Waals surface area (Å²) < 4.78 is 16.7. The molecule has 0 fully saturated rings. The van der Waals surface area contributed by atoms with Gasteiger partial charge in [0, 0.05) is 10.4 Å². The minimum Gasteiger partial charge on any atom is -0.449 e. The highest BCUT2D eigenvalue weighted by Crippen LogP contribution is 2.44. The molecule has 0 unspecified atom stereocenters. The maximum absolute atomic E-state index is 11.6. The standard InChI is InChI=1S/C17H14FNO4/c18-23-16(20)9-19-17(21)22-10-15-13-7-3-1-5-11(13)12-6-2-4-8-14(12)15/h1-8,15H,9-10H2,(H,19,21). The van der Waals surface area contributed by atoms with E-state index >= 15 is 0 Å². The molecule has 0 heterocycles. The number of hydrogen-bond donors (Lipinski definition) is 1. The molecule has 5 nitrogen and oxygen atoms in total. The molecule has 1 aliphatic carbocycles. The molecule has 3 rings (SSSR count). The summed E-state index contributed by atoms with van der Waals surface area (Å²) in [7, 11) is 0. The van der Waals surface area contributed by atoms with Crippen LogP contribution in [0.3, 0.4) is 0 Å². The Morgan fingerprint density at radius 2 is 1.57 bits per heavy atom. The van der Waals surface area contributed by atoms with E-state index < -0.39 is 18.6 Å². The summed E-state index contributed by atoms with van der Waals surface area (Å²) in [6.07, 6.45) is -0.794. The number of amides is 1. The van der Waals surface area contributed by atoms with Crippen LogP contribution in [0.2, 0.25) is 0 Å². The average molecular weight is 315 g/mol. The van der Waals surface area contributed by atoms with Gasteiger partial charge in [-0.3, -0.25) is 4.94 Å². The zero-order chi connectivity index (χ0) is 16.2. The zero-order valence-corrected chi connectivity index (χ0v) is 12.1. The lowest BCUT2D eigenvalue weighted by Gasteiger charge is -2.14. The number of hydrogen-bond acceptors (Lipinski definition) is 4. The van der Waals surface area contributed by atoms with Gasteiger partial charge >= 0.3 is 12.1 Å². The van der Waals surface area contributed by atoms with Crippen molar-refractivity contribution in [2.24, 2.45) is 0 Å². The molecule has 1 amide bonds. The number of alkyl carbamates (subject to hydrolysis) is 1. The molecule has 0 radical (unpaired) electrons. The minimum absolute atomic E-state index is 0.0683. The van der Waals surface area contributed by atoms with Gasteiger partial charge in [-0.15, -0.1) is 0 Å². The first-order valence-electron chi connectivity index (χ1n) is 7.11. The van der Waals surface area contributed by atoms with E-state index in [0.717, 1.165) is 22.3 Å². The quantitative estimate of drug-likeness (QED) is 0.942. The van der Waals surface area contributed by atoms with Crippen molar-refractivity contribution in [3.63, 3.8) is 0 Å². The fourth-order valence-electron chi connectivity index (χ4n) is 2.82. The molecular weight excluding hydrogens is 301 g/mol. The second kappa shape index (κ2) is 6.48. The third-order valence-electron chi connectivity index (χ3n) is 3.81. The second-order valence-electron chi connectivity index (χ2n) is 5.13. The fraction of sp³-hybridized carbons (Fsp3) is 0.176. The Balaban J connectivity index is 1.71. The highest BCUT2D eigenvalue weighted by molar-refractivity contribution is 5.79. The maximum Gasteiger partial charge on any atom is 0.407 e. The lowest BCUT2D eigenvalue weighted by molar-refractivity contribution is -0.182. The van der Waals surface area contributed by atoms with E-state index in [9.17, 15) is 14.1 Å². The smallest absolute Gasteiger partial charge is 0.407 e. The predicted octanol–water partition coefficient (Wildman–Crippen LogP) is 2.95. The first-order valence-corrected chi connectivity index (χ1v) is 7.11. The first kappa shape index (κ1) is 15.0. The third kappa shape index (κ3) is 3.01. The lowest BCUT2D eigenvalue weighted by Crippen LogP contribution is -2.31. The van der Waals surface area contributed by atoms with Crippen LogP contribution in [-0.4, -0.2) is 25.2 Å². The molecule has 1 N–H and O–H groups in total. The van der Waals surface area contributed by atoms with Crippen molar-refractivity contribution in [2.75, 3.05) is 13.2 Å². The third-order valence-corrected chi connectivity index (χ3v) is 3.81. The molecule has 23 heavy (non-hydrogen) atoms. The molecule has 0 bridgehead atoms. The van der Waals surface area contributed by atoms with E-state index in [-0.39, 0.29) is 12.5 Å².